The maximum atomic E-state index is 13.2. The van der Waals surface area contributed by atoms with Crippen LogP contribution in [0.25, 0.3) is 0 Å². The van der Waals surface area contributed by atoms with Gasteiger partial charge in [0.15, 0.2) is 6.29 Å². The number of ether oxygens (including phenoxy) is 2. The largest absolute Gasteiger partial charge is 0.394 e. The minimum Gasteiger partial charge on any atom is -0.394 e. The quantitative estimate of drug-likeness (QED) is 0.0261. The summed E-state index contributed by atoms with van der Waals surface area (Å²) in [7, 11) is 0. The van der Waals surface area contributed by atoms with Crippen LogP contribution >= 0.6 is 0 Å². The molecule has 0 bridgehead atoms. The summed E-state index contributed by atoms with van der Waals surface area (Å²) in [6, 6.07) is -0.717. The van der Waals surface area contributed by atoms with Crippen LogP contribution in [0.5, 0.6) is 0 Å². The van der Waals surface area contributed by atoms with Gasteiger partial charge in [-0.15, -0.1) is 0 Å². The van der Waals surface area contributed by atoms with Gasteiger partial charge in [0.05, 0.1) is 25.4 Å². The van der Waals surface area contributed by atoms with Gasteiger partial charge in [-0.05, 0) is 38.5 Å². The van der Waals surface area contributed by atoms with Crippen molar-refractivity contribution in [1.29, 1.82) is 0 Å². The fourth-order valence-corrected chi connectivity index (χ4v) is 12.9. The number of rotatable bonds is 69. The third-order valence-corrected chi connectivity index (χ3v) is 18.9. The van der Waals surface area contributed by atoms with Crippen molar-refractivity contribution in [3.05, 3.63) is 12.2 Å². The monoisotopic (exact) mass is 1200 g/mol. The molecule has 1 aliphatic heterocycles. The number of carbonyl (C=O) groups excluding carboxylic acids is 1. The SMILES string of the molecule is CCCCCCCCCC/C=C\CCCCCCCCCCCCCCCCCCCCCCCC(=O)NC(COC1OC(CO)C(O)C(O)C1O)C(O)CCCCCCCCCCCCCCCCCCCCCCCCCCCCCCC. The Morgan fingerprint density at radius 1 is 0.388 bits per heavy atom. The molecule has 0 saturated carbocycles. The molecule has 9 nitrogen and oxygen atoms in total. The Morgan fingerprint density at radius 2 is 0.659 bits per heavy atom. The lowest BCUT2D eigenvalue weighted by Gasteiger charge is -2.40. The van der Waals surface area contributed by atoms with Crippen LogP contribution in [0.3, 0.4) is 0 Å². The number of unbranched alkanes of at least 4 members (excludes halogenated alkanes) is 57. The molecule has 7 unspecified atom stereocenters. The van der Waals surface area contributed by atoms with Crippen molar-refractivity contribution in [2.24, 2.45) is 0 Å². The van der Waals surface area contributed by atoms with E-state index >= 15 is 0 Å². The summed E-state index contributed by atoms with van der Waals surface area (Å²) in [4.78, 5) is 13.2. The highest BCUT2D eigenvalue weighted by atomic mass is 16.7. The van der Waals surface area contributed by atoms with Gasteiger partial charge in [0.2, 0.25) is 5.91 Å². The number of nitrogens with one attached hydrogen (secondary N) is 1. The minimum absolute atomic E-state index is 0.131. The fraction of sp³-hybridized carbons (Fsp3) is 0.961. The smallest absolute Gasteiger partial charge is 0.220 e. The molecule has 6 N–H and O–H groups in total. The number of aliphatic hydroxyl groups excluding tert-OH is 5. The maximum absolute atomic E-state index is 13.2. The number of carbonyl (C=O) groups is 1. The molecular weight excluding hydrogens is 1050 g/mol. The average Bonchev–Trinajstić information content (AvgIpc) is 3.68. The zero-order valence-electron chi connectivity index (χ0n) is 56.9. The molecule has 0 aromatic heterocycles. The number of amides is 1. The van der Waals surface area contributed by atoms with Gasteiger partial charge in [-0.2, -0.15) is 0 Å². The predicted octanol–water partition coefficient (Wildman–Crippen LogP) is 21.4. The van der Waals surface area contributed by atoms with Crippen LogP contribution in [0.15, 0.2) is 12.2 Å². The Bertz CT molecular complexity index is 1350. The van der Waals surface area contributed by atoms with E-state index < -0.39 is 49.5 Å². The molecule has 1 fully saturated rings. The fourth-order valence-electron chi connectivity index (χ4n) is 12.9. The topological polar surface area (TPSA) is 149 Å². The van der Waals surface area contributed by atoms with Crippen molar-refractivity contribution in [3.8, 4) is 0 Å². The van der Waals surface area contributed by atoms with Gasteiger partial charge in [0, 0.05) is 6.42 Å². The maximum Gasteiger partial charge on any atom is 0.220 e. The Kier molecular flexibility index (Phi) is 63.5. The van der Waals surface area contributed by atoms with Crippen LogP contribution in [0.1, 0.15) is 412 Å². The lowest BCUT2D eigenvalue weighted by molar-refractivity contribution is -0.302. The van der Waals surface area contributed by atoms with E-state index in [0.29, 0.717) is 12.8 Å². The molecule has 0 aliphatic carbocycles. The molecule has 1 rings (SSSR count). The first-order chi connectivity index (χ1) is 41.8. The third-order valence-electron chi connectivity index (χ3n) is 18.9. The van der Waals surface area contributed by atoms with Crippen molar-refractivity contribution in [1.82, 2.24) is 5.32 Å². The van der Waals surface area contributed by atoms with Crippen LogP contribution in [0.2, 0.25) is 0 Å². The van der Waals surface area contributed by atoms with Crippen LogP contribution in [-0.4, -0.2) is 87.5 Å². The van der Waals surface area contributed by atoms with E-state index in [1.54, 1.807) is 0 Å². The summed E-state index contributed by atoms with van der Waals surface area (Å²) >= 11 is 0. The van der Waals surface area contributed by atoms with Crippen LogP contribution in [-0.2, 0) is 14.3 Å². The Morgan fingerprint density at radius 3 is 0.953 bits per heavy atom. The van der Waals surface area contributed by atoms with Crippen LogP contribution in [0, 0.1) is 0 Å². The Labute approximate surface area is 528 Å². The molecule has 1 saturated heterocycles. The zero-order chi connectivity index (χ0) is 61.4. The van der Waals surface area contributed by atoms with Crippen molar-refractivity contribution in [3.63, 3.8) is 0 Å². The summed E-state index contributed by atoms with van der Waals surface area (Å²) in [6.45, 7) is 3.91. The standard InChI is InChI=1S/C76H149NO8/c1-3-5-7-9-11-13-15-17-19-21-23-25-27-29-31-33-34-35-36-38-40-42-44-46-48-50-52-54-56-58-60-62-64-66-72(80)77-69(68-84-76-75(83)74(82)73(81)71(67-78)85-76)70(79)65-63-61-59-57-55-53-51-49-47-45-43-41-39-37-32-30-28-26-24-22-20-18-16-14-12-10-8-6-4-2/h21,23,69-71,73-76,78-79,81-83H,3-20,22,24-68H2,1-2H3,(H,77,80)/b23-21-. The van der Waals surface area contributed by atoms with E-state index in [9.17, 15) is 30.3 Å². The Hall–Kier alpha value is -1.07. The molecule has 7 atom stereocenters. The molecule has 1 amide bonds. The summed E-state index contributed by atoms with van der Waals surface area (Å²) in [5.74, 6) is -0.133. The van der Waals surface area contributed by atoms with Gasteiger partial charge in [-0.25, -0.2) is 0 Å². The number of allylic oxidation sites excluding steroid dienone is 2. The first-order valence-electron chi connectivity index (χ1n) is 38.4. The lowest BCUT2D eigenvalue weighted by atomic mass is 9.99. The Balaban J connectivity index is 2.06. The lowest BCUT2D eigenvalue weighted by Crippen LogP contribution is -2.60. The van der Waals surface area contributed by atoms with Crippen molar-refractivity contribution < 1.29 is 39.8 Å². The summed E-state index contributed by atoms with van der Waals surface area (Å²) < 4.78 is 11.4. The molecule has 506 valence electrons. The molecule has 1 aliphatic rings. The molecule has 0 aromatic rings. The average molecular weight is 1210 g/mol. The van der Waals surface area contributed by atoms with Crippen molar-refractivity contribution >= 4 is 5.91 Å². The van der Waals surface area contributed by atoms with E-state index in [-0.39, 0.29) is 12.5 Å². The molecular formula is C76H149NO8. The molecule has 9 heteroatoms. The van der Waals surface area contributed by atoms with E-state index in [2.05, 4.69) is 31.3 Å². The molecule has 0 aromatic carbocycles. The van der Waals surface area contributed by atoms with Crippen LogP contribution in [0.4, 0.5) is 0 Å². The third kappa shape index (κ3) is 54.4. The van der Waals surface area contributed by atoms with Crippen molar-refractivity contribution in [2.75, 3.05) is 13.2 Å². The van der Waals surface area contributed by atoms with Gasteiger partial charge in [0.1, 0.15) is 24.4 Å². The highest BCUT2D eigenvalue weighted by Crippen LogP contribution is 2.24. The van der Waals surface area contributed by atoms with Gasteiger partial charge in [-0.3, -0.25) is 4.79 Å². The second-order valence-corrected chi connectivity index (χ2v) is 27.2. The van der Waals surface area contributed by atoms with E-state index in [1.807, 2.05) is 0 Å². The van der Waals surface area contributed by atoms with Gasteiger partial charge >= 0.3 is 0 Å². The molecule has 85 heavy (non-hydrogen) atoms. The highest BCUT2D eigenvalue weighted by Gasteiger charge is 2.44. The first kappa shape index (κ1) is 81.9. The van der Waals surface area contributed by atoms with Gasteiger partial charge in [0.25, 0.3) is 0 Å². The van der Waals surface area contributed by atoms with E-state index in [4.69, 9.17) is 9.47 Å². The first-order valence-corrected chi connectivity index (χ1v) is 38.4. The molecule has 0 spiro atoms. The molecule has 1 heterocycles. The number of hydrogen-bond acceptors (Lipinski definition) is 8. The number of hydrogen-bond donors (Lipinski definition) is 6. The van der Waals surface area contributed by atoms with Crippen molar-refractivity contribution in [2.45, 2.75) is 455 Å². The summed E-state index contributed by atoms with van der Waals surface area (Å²) in [5.41, 5.74) is 0. The zero-order valence-corrected chi connectivity index (χ0v) is 56.9. The van der Waals surface area contributed by atoms with Crippen LogP contribution < -0.4 is 5.32 Å². The van der Waals surface area contributed by atoms with E-state index in [0.717, 1.165) is 38.5 Å². The van der Waals surface area contributed by atoms with E-state index in [1.165, 1.54) is 347 Å². The summed E-state index contributed by atoms with van der Waals surface area (Å²) in [6.07, 6.45) is 78.8. The minimum atomic E-state index is -1.55. The number of aliphatic hydroxyl groups is 5. The van der Waals surface area contributed by atoms with Gasteiger partial charge < -0.3 is 40.3 Å². The van der Waals surface area contributed by atoms with Gasteiger partial charge in [-0.1, -0.05) is 379 Å². The molecule has 0 radical (unpaired) electrons. The summed E-state index contributed by atoms with van der Waals surface area (Å²) in [5, 5.41) is 55.0. The second kappa shape index (κ2) is 65.9. The normalized spacial score (nSPS) is 18.0. The second-order valence-electron chi connectivity index (χ2n) is 27.2. The predicted molar refractivity (Wildman–Crippen MR) is 364 cm³/mol. The highest BCUT2D eigenvalue weighted by molar-refractivity contribution is 5.76.